The molecule has 4 nitrogen and oxygen atoms in total. The number of carbonyl (C=O) groups excluding carboxylic acids is 1. The van der Waals surface area contributed by atoms with Crippen LogP contribution in [-0.4, -0.2) is 62.0 Å². The van der Waals surface area contributed by atoms with E-state index in [4.69, 9.17) is 0 Å². The van der Waals surface area contributed by atoms with E-state index in [1.54, 1.807) is 0 Å². The van der Waals surface area contributed by atoms with E-state index < -0.39 is 0 Å². The van der Waals surface area contributed by atoms with Crippen LogP contribution in [0.5, 0.6) is 0 Å². The molecular formula is C11H22ClN3O. The summed E-state index contributed by atoms with van der Waals surface area (Å²) in [7, 11) is 1.98. The molecule has 5 heteroatoms. The maximum absolute atomic E-state index is 11.8. The van der Waals surface area contributed by atoms with Crippen LogP contribution >= 0.6 is 12.4 Å². The van der Waals surface area contributed by atoms with E-state index in [1.165, 1.54) is 0 Å². The van der Waals surface area contributed by atoms with Crippen LogP contribution in [0, 0.1) is 0 Å². The minimum atomic E-state index is 0. The van der Waals surface area contributed by atoms with Gasteiger partial charge in [0, 0.05) is 32.7 Å². The Labute approximate surface area is 104 Å². The maximum Gasteiger partial charge on any atom is 0.236 e. The third-order valence-corrected chi connectivity index (χ3v) is 2.59. The Morgan fingerprint density at radius 3 is 2.69 bits per heavy atom. The van der Waals surface area contributed by atoms with Gasteiger partial charge in [0.05, 0.1) is 6.54 Å². The average molecular weight is 248 g/mol. The summed E-state index contributed by atoms with van der Waals surface area (Å²) in [5.74, 6) is 0.239. The predicted molar refractivity (Wildman–Crippen MR) is 69.0 cm³/mol. The van der Waals surface area contributed by atoms with Gasteiger partial charge in [0.15, 0.2) is 0 Å². The fraction of sp³-hybridized carbons (Fsp3) is 0.727. The second kappa shape index (κ2) is 8.56. The number of likely N-dealkylation sites (N-methyl/N-ethyl adjacent to an activating group) is 1. The highest BCUT2D eigenvalue weighted by atomic mass is 35.5. The van der Waals surface area contributed by atoms with Gasteiger partial charge in [-0.3, -0.25) is 9.69 Å². The molecule has 0 aromatic heterocycles. The largest absolute Gasteiger partial charge is 0.339 e. The molecule has 0 spiro atoms. The van der Waals surface area contributed by atoms with Crippen molar-refractivity contribution in [2.45, 2.75) is 6.42 Å². The van der Waals surface area contributed by atoms with Crippen LogP contribution in [0.15, 0.2) is 12.7 Å². The first-order valence-electron chi connectivity index (χ1n) is 5.52. The van der Waals surface area contributed by atoms with Gasteiger partial charge in [-0.05, 0) is 13.5 Å². The van der Waals surface area contributed by atoms with Gasteiger partial charge in [0.2, 0.25) is 5.91 Å². The molecule has 1 aliphatic heterocycles. The molecule has 1 amide bonds. The molecule has 0 saturated carbocycles. The molecule has 1 saturated heterocycles. The van der Waals surface area contributed by atoms with Gasteiger partial charge in [0.1, 0.15) is 0 Å². The van der Waals surface area contributed by atoms with Gasteiger partial charge in [-0.1, -0.05) is 6.08 Å². The number of carbonyl (C=O) groups is 1. The number of amides is 1. The first-order valence-corrected chi connectivity index (χ1v) is 5.52. The molecule has 0 bridgehead atoms. The third kappa shape index (κ3) is 5.49. The normalized spacial score (nSPS) is 15.8. The minimum Gasteiger partial charge on any atom is -0.339 e. The molecule has 1 rings (SSSR count). The van der Waals surface area contributed by atoms with Crippen molar-refractivity contribution in [2.75, 3.05) is 46.3 Å². The quantitative estimate of drug-likeness (QED) is 0.713. The molecule has 0 aliphatic carbocycles. The summed E-state index contributed by atoms with van der Waals surface area (Å²) in [6.07, 6.45) is 2.82. The molecule has 1 aliphatic rings. The molecule has 0 atom stereocenters. The van der Waals surface area contributed by atoms with Crippen LogP contribution < -0.4 is 5.32 Å². The number of rotatable bonds is 5. The van der Waals surface area contributed by atoms with E-state index in [0.717, 1.165) is 39.1 Å². The molecular weight excluding hydrogens is 226 g/mol. The van der Waals surface area contributed by atoms with Crippen LogP contribution in [0.25, 0.3) is 0 Å². The molecule has 0 aromatic rings. The topological polar surface area (TPSA) is 35.6 Å². The lowest BCUT2D eigenvalue weighted by atomic mass is 10.3. The zero-order valence-electron chi connectivity index (χ0n) is 9.95. The van der Waals surface area contributed by atoms with Crippen LogP contribution in [0.2, 0.25) is 0 Å². The summed E-state index contributed by atoms with van der Waals surface area (Å²) in [6.45, 7) is 8.62. The first kappa shape index (κ1) is 15.4. The molecule has 94 valence electrons. The van der Waals surface area contributed by atoms with Crippen molar-refractivity contribution in [3.63, 3.8) is 0 Å². The number of hydrogen-bond acceptors (Lipinski definition) is 3. The van der Waals surface area contributed by atoms with Crippen molar-refractivity contribution in [2.24, 2.45) is 0 Å². The van der Waals surface area contributed by atoms with Crippen molar-refractivity contribution >= 4 is 18.3 Å². The molecule has 1 heterocycles. The van der Waals surface area contributed by atoms with Crippen LogP contribution in [0.3, 0.4) is 0 Å². The SMILES string of the molecule is C=CCCN(C)CC(=O)N1CCNCC1.Cl. The van der Waals surface area contributed by atoms with Gasteiger partial charge < -0.3 is 10.2 Å². The summed E-state index contributed by atoms with van der Waals surface area (Å²) in [5, 5.41) is 3.24. The number of piperazine rings is 1. The molecule has 1 N–H and O–H groups in total. The van der Waals surface area contributed by atoms with E-state index in [-0.39, 0.29) is 18.3 Å². The van der Waals surface area contributed by atoms with E-state index in [9.17, 15) is 4.79 Å². The number of halogens is 1. The van der Waals surface area contributed by atoms with Crippen LogP contribution in [-0.2, 0) is 4.79 Å². The number of hydrogen-bond donors (Lipinski definition) is 1. The van der Waals surface area contributed by atoms with Gasteiger partial charge >= 0.3 is 0 Å². The third-order valence-electron chi connectivity index (χ3n) is 2.59. The van der Waals surface area contributed by atoms with E-state index in [2.05, 4.69) is 11.9 Å². The average Bonchev–Trinajstić information content (AvgIpc) is 2.27. The minimum absolute atomic E-state index is 0. The molecule has 0 aromatic carbocycles. The van der Waals surface area contributed by atoms with Crippen molar-refractivity contribution < 1.29 is 4.79 Å². The Morgan fingerprint density at radius 2 is 2.12 bits per heavy atom. The standard InChI is InChI=1S/C11H21N3O.ClH/c1-3-4-7-13(2)10-11(15)14-8-5-12-6-9-14;/h3,12H,1,4-10H2,2H3;1H. The lowest BCUT2D eigenvalue weighted by Crippen LogP contribution is -2.49. The number of nitrogens with one attached hydrogen (secondary N) is 1. The fourth-order valence-electron chi connectivity index (χ4n) is 1.64. The number of nitrogens with zero attached hydrogens (tertiary/aromatic N) is 2. The van der Waals surface area contributed by atoms with Gasteiger partial charge in [0.25, 0.3) is 0 Å². The maximum atomic E-state index is 11.8. The summed E-state index contributed by atoms with van der Waals surface area (Å²) in [6, 6.07) is 0. The van der Waals surface area contributed by atoms with E-state index in [1.807, 2.05) is 22.9 Å². The Kier molecular flexibility index (Phi) is 8.25. The van der Waals surface area contributed by atoms with Crippen LogP contribution in [0.1, 0.15) is 6.42 Å². The van der Waals surface area contributed by atoms with Gasteiger partial charge in [-0.2, -0.15) is 0 Å². The highest BCUT2D eigenvalue weighted by Crippen LogP contribution is 1.96. The summed E-state index contributed by atoms with van der Waals surface area (Å²) < 4.78 is 0. The predicted octanol–water partition coefficient (Wildman–Crippen LogP) is 0.348. The van der Waals surface area contributed by atoms with Crippen molar-refractivity contribution in [3.8, 4) is 0 Å². The summed E-state index contributed by atoms with van der Waals surface area (Å²) in [5.41, 5.74) is 0. The second-order valence-corrected chi connectivity index (χ2v) is 3.95. The Bertz CT molecular complexity index is 217. The molecule has 1 fully saturated rings. The van der Waals surface area contributed by atoms with Crippen molar-refractivity contribution in [1.82, 2.24) is 15.1 Å². The molecule has 0 radical (unpaired) electrons. The lowest BCUT2D eigenvalue weighted by molar-refractivity contribution is -0.132. The van der Waals surface area contributed by atoms with Crippen molar-refractivity contribution in [1.29, 1.82) is 0 Å². The fourth-order valence-corrected chi connectivity index (χ4v) is 1.64. The molecule has 0 unspecified atom stereocenters. The summed E-state index contributed by atoms with van der Waals surface area (Å²) in [4.78, 5) is 15.8. The lowest BCUT2D eigenvalue weighted by Gasteiger charge is -2.29. The van der Waals surface area contributed by atoms with Crippen LogP contribution in [0.4, 0.5) is 0 Å². The highest BCUT2D eigenvalue weighted by Gasteiger charge is 2.16. The van der Waals surface area contributed by atoms with Crippen molar-refractivity contribution in [3.05, 3.63) is 12.7 Å². The highest BCUT2D eigenvalue weighted by molar-refractivity contribution is 5.85. The smallest absolute Gasteiger partial charge is 0.236 e. The zero-order chi connectivity index (χ0) is 11.1. The Hall–Kier alpha value is -0.580. The Morgan fingerprint density at radius 1 is 1.50 bits per heavy atom. The monoisotopic (exact) mass is 247 g/mol. The molecule has 16 heavy (non-hydrogen) atoms. The van der Waals surface area contributed by atoms with Gasteiger partial charge in [-0.15, -0.1) is 19.0 Å². The second-order valence-electron chi connectivity index (χ2n) is 3.95. The zero-order valence-corrected chi connectivity index (χ0v) is 10.8. The summed E-state index contributed by atoms with van der Waals surface area (Å²) >= 11 is 0. The van der Waals surface area contributed by atoms with E-state index in [0.29, 0.717) is 6.54 Å². The first-order chi connectivity index (χ1) is 7.24. The van der Waals surface area contributed by atoms with E-state index >= 15 is 0 Å². The van der Waals surface area contributed by atoms with Gasteiger partial charge in [-0.25, -0.2) is 0 Å². The Balaban J connectivity index is 0.00000225.